The van der Waals surface area contributed by atoms with Crippen molar-refractivity contribution in [2.45, 2.75) is 73.1 Å². The highest BCUT2D eigenvalue weighted by atomic mass is 16.2. The van der Waals surface area contributed by atoms with Crippen LogP contribution in [0.4, 0.5) is 0 Å². The first kappa shape index (κ1) is 15.5. The smallest absolute Gasteiger partial charge is 0.241 e. The van der Waals surface area contributed by atoms with Crippen LogP contribution in [0.25, 0.3) is 0 Å². The Morgan fingerprint density at radius 1 is 1.06 bits per heavy atom. The minimum Gasteiger partial charge on any atom is -0.323 e. The predicted octanol–water partition coefficient (Wildman–Crippen LogP) is 2.86. The molecule has 0 bridgehead atoms. The first-order valence-electron chi connectivity index (χ1n) is 7.33. The molecule has 1 aliphatic heterocycles. The predicted molar refractivity (Wildman–Crippen MR) is 76.2 cm³/mol. The van der Waals surface area contributed by atoms with E-state index in [1.54, 1.807) is 0 Å². The van der Waals surface area contributed by atoms with Crippen LogP contribution in [0.5, 0.6) is 0 Å². The molecule has 1 fully saturated rings. The van der Waals surface area contributed by atoms with Crippen molar-refractivity contribution in [3.05, 3.63) is 0 Å². The van der Waals surface area contributed by atoms with Crippen molar-refractivity contribution in [3.8, 4) is 0 Å². The van der Waals surface area contributed by atoms with Crippen LogP contribution in [-0.4, -0.2) is 29.1 Å². The lowest BCUT2D eigenvalue weighted by Gasteiger charge is -2.33. The fraction of sp³-hybridized carbons (Fsp3) is 0.933. The van der Waals surface area contributed by atoms with Gasteiger partial charge >= 0.3 is 0 Å². The van der Waals surface area contributed by atoms with Crippen LogP contribution in [0.15, 0.2) is 0 Å². The number of nitrogens with one attached hydrogen (secondary N) is 1. The minimum absolute atomic E-state index is 0.00740. The Hall–Kier alpha value is -0.570. The van der Waals surface area contributed by atoms with Crippen molar-refractivity contribution in [2.75, 3.05) is 0 Å². The molecule has 1 amide bonds. The Morgan fingerprint density at radius 3 is 2.00 bits per heavy atom. The molecule has 0 radical (unpaired) electrons. The van der Waals surface area contributed by atoms with Gasteiger partial charge in [-0.1, -0.05) is 41.5 Å². The summed E-state index contributed by atoms with van der Waals surface area (Å²) in [6.45, 7) is 15.2. The average molecular weight is 254 g/mol. The third-order valence-corrected chi connectivity index (χ3v) is 3.76. The molecule has 0 aliphatic carbocycles. The maximum Gasteiger partial charge on any atom is 0.241 e. The standard InChI is InChI=1S/C15H30N2O/c1-9(2)8-12(7)17-14(11(5)6)16-13(10(3)4)15(17)18/h9-14,16H,8H2,1-7H3. The fourth-order valence-electron chi connectivity index (χ4n) is 2.91. The molecule has 0 saturated carbocycles. The highest BCUT2D eigenvalue weighted by molar-refractivity contribution is 5.85. The van der Waals surface area contributed by atoms with E-state index in [0.717, 1.165) is 6.42 Å². The first-order chi connectivity index (χ1) is 8.25. The summed E-state index contributed by atoms with van der Waals surface area (Å²) >= 11 is 0. The monoisotopic (exact) mass is 254 g/mol. The Morgan fingerprint density at radius 2 is 1.61 bits per heavy atom. The van der Waals surface area contributed by atoms with Gasteiger partial charge in [-0.2, -0.15) is 0 Å². The van der Waals surface area contributed by atoms with E-state index in [2.05, 4.69) is 58.7 Å². The van der Waals surface area contributed by atoms with Crippen LogP contribution in [0.2, 0.25) is 0 Å². The summed E-state index contributed by atoms with van der Waals surface area (Å²) in [4.78, 5) is 14.6. The number of amides is 1. The van der Waals surface area contributed by atoms with Crippen LogP contribution in [-0.2, 0) is 4.79 Å². The highest BCUT2D eigenvalue weighted by Crippen LogP contribution is 2.26. The van der Waals surface area contributed by atoms with Gasteiger partial charge in [0.1, 0.15) is 0 Å². The molecule has 1 heterocycles. The lowest BCUT2D eigenvalue weighted by molar-refractivity contribution is -0.133. The highest BCUT2D eigenvalue weighted by Gasteiger charge is 2.43. The molecule has 18 heavy (non-hydrogen) atoms. The Balaban J connectivity index is 2.87. The number of rotatable bonds is 5. The maximum absolute atomic E-state index is 12.5. The maximum atomic E-state index is 12.5. The minimum atomic E-state index is -0.00740. The molecular formula is C15H30N2O. The van der Waals surface area contributed by atoms with Gasteiger partial charge in [-0.15, -0.1) is 0 Å². The molecule has 0 aromatic carbocycles. The quantitative estimate of drug-likeness (QED) is 0.818. The Labute approximate surface area is 112 Å². The molecule has 0 aromatic heterocycles. The van der Waals surface area contributed by atoms with Crippen LogP contribution < -0.4 is 5.32 Å². The van der Waals surface area contributed by atoms with Gasteiger partial charge in [-0.3, -0.25) is 10.1 Å². The molecule has 3 atom stereocenters. The molecular weight excluding hydrogens is 224 g/mol. The van der Waals surface area contributed by atoms with E-state index in [1.165, 1.54) is 0 Å². The van der Waals surface area contributed by atoms with E-state index < -0.39 is 0 Å². The van der Waals surface area contributed by atoms with Crippen molar-refractivity contribution >= 4 is 5.91 Å². The van der Waals surface area contributed by atoms with Gasteiger partial charge < -0.3 is 4.90 Å². The lowest BCUT2D eigenvalue weighted by Crippen LogP contribution is -2.46. The van der Waals surface area contributed by atoms with Crippen LogP contribution in [0, 0.1) is 17.8 Å². The third-order valence-electron chi connectivity index (χ3n) is 3.76. The second-order valence-electron chi connectivity index (χ2n) is 6.80. The van der Waals surface area contributed by atoms with Gasteiger partial charge in [0.15, 0.2) is 0 Å². The number of hydrogen-bond acceptors (Lipinski definition) is 2. The molecule has 0 spiro atoms. The summed E-state index contributed by atoms with van der Waals surface area (Å²) in [5.74, 6) is 1.72. The largest absolute Gasteiger partial charge is 0.323 e. The van der Waals surface area contributed by atoms with E-state index in [0.29, 0.717) is 23.8 Å². The average Bonchev–Trinajstić information content (AvgIpc) is 2.54. The van der Waals surface area contributed by atoms with Crippen molar-refractivity contribution < 1.29 is 4.79 Å². The number of hydrogen-bond donors (Lipinski definition) is 1. The number of carbonyl (C=O) groups excluding carboxylic acids is 1. The van der Waals surface area contributed by atoms with E-state index in [4.69, 9.17) is 0 Å². The zero-order valence-corrected chi connectivity index (χ0v) is 13.0. The van der Waals surface area contributed by atoms with Gasteiger partial charge in [-0.05, 0) is 31.1 Å². The third kappa shape index (κ3) is 3.25. The van der Waals surface area contributed by atoms with Crippen LogP contribution in [0.3, 0.4) is 0 Å². The van der Waals surface area contributed by atoms with E-state index >= 15 is 0 Å². The molecule has 1 saturated heterocycles. The fourth-order valence-corrected chi connectivity index (χ4v) is 2.91. The summed E-state index contributed by atoms with van der Waals surface area (Å²) in [6.07, 6.45) is 1.26. The molecule has 1 aliphatic rings. The number of carbonyl (C=O) groups is 1. The molecule has 3 nitrogen and oxygen atoms in total. The molecule has 0 aromatic rings. The molecule has 1 rings (SSSR count). The van der Waals surface area contributed by atoms with E-state index in [-0.39, 0.29) is 18.1 Å². The van der Waals surface area contributed by atoms with Crippen molar-refractivity contribution in [2.24, 2.45) is 17.8 Å². The van der Waals surface area contributed by atoms with Gasteiger partial charge in [0, 0.05) is 6.04 Å². The van der Waals surface area contributed by atoms with Crippen LogP contribution >= 0.6 is 0 Å². The second kappa shape index (κ2) is 6.05. The SMILES string of the molecule is CC(C)CC(C)N1C(=O)C(C(C)C)NC1C(C)C. The summed E-state index contributed by atoms with van der Waals surface area (Å²) < 4.78 is 0. The lowest BCUT2D eigenvalue weighted by atomic mass is 10.0. The topological polar surface area (TPSA) is 32.3 Å². The first-order valence-corrected chi connectivity index (χ1v) is 7.33. The van der Waals surface area contributed by atoms with E-state index in [1.807, 2.05) is 0 Å². The Kier molecular flexibility index (Phi) is 5.20. The zero-order valence-electron chi connectivity index (χ0n) is 13.0. The van der Waals surface area contributed by atoms with Gasteiger partial charge in [-0.25, -0.2) is 0 Å². The summed E-state index contributed by atoms with van der Waals surface area (Å²) in [5.41, 5.74) is 0. The second-order valence-corrected chi connectivity index (χ2v) is 6.80. The molecule has 1 N–H and O–H groups in total. The molecule has 106 valence electrons. The normalized spacial score (nSPS) is 26.8. The molecule has 3 unspecified atom stereocenters. The summed E-state index contributed by atoms with van der Waals surface area (Å²) in [6, 6.07) is 0.313. The van der Waals surface area contributed by atoms with Crippen molar-refractivity contribution in [1.29, 1.82) is 0 Å². The Bertz CT molecular complexity index is 286. The summed E-state index contributed by atoms with van der Waals surface area (Å²) in [7, 11) is 0. The zero-order chi connectivity index (χ0) is 14.0. The van der Waals surface area contributed by atoms with Crippen LogP contribution in [0.1, 0.15) is 54.9 Å². The van der Waals surface area contributed by atoms with Gasteiger partial charge in [0.2, 0.25) is 5.91 Å². The summed E-state index contributed by atoms with van der Waals surface area (Å²) in [5, 5.41) is 3.52. The van der Waals surface area contributed by atoms with Crippen molar-refractivity contribution in [1.82, 2.24) is 10.2 Å². The van der Waals surface area contributed by atoms with Crippen molar-refractivity contribution in [3.63, 3.8) is 0 Å². The number of nitrogens with zero attached hydrogens (tertiary/aromatic N) is 1. The molecule has 3 heteroatoms. The van der Waals surface area contributed by atoms with Gasteiger partial charge in [0.25, 0.3) is 0 Å². The van der Waals surface area contributed by atoms with Gasteiger partial charge in [0.05, 0.1) is 12.2 Å². The van der Waals surface area contributed by atoms with E-state index in [9.17, 15) is 4.79 Å².